The van der Waals surface area contributed by atoms with E-state index < -0.39 is 0 Å². The fourth-order valence-corrected chi connectivity index (χ4v) is 4.47. The van der Waals surface area contributed by atoms with Crippen LogP contribution in [0.3, 0.4) is 0 Å². The number of hydrogen-bond acceptors (Lipinski definition) is 7. The van der Waals surface area contributed by atoms with Crippen molar-refractivity contribution < 1.29 is 28.5 Å². The molecule has 0 bridgehead atoms. The number of fused-ring (bicyclic) bond motifs is 1. The average molecular weight is 492 g/mol. The third kappa shape index (κ3) is 5.73. The second-order valence-corrected chi connectivity index (χ2v) is 8.62. The van der Waals surface area contributed by atoms with Crippen molar-refractivity contribution in [3.63, 3.8) is 0 Å². The van der Waals surface area contributed by atoms with E-state index in [-0.39, 0.29) is 18.5 Å². The van der Waals surface area contributed by atoms with Gasteiger partial charge in [-0.3, -0.25) is 4.79 Å². The zero-order valence-electron chi connectivity index (χ0n) is 19.6. The van der Waals surface area contributed by atoms with Crippen molar-refractivity contribution in [2.24, 2.45) is 0 Å². The Labute approximate surface area is 207 Å². The van der Waals surface area contributed by atoms with E-state index in [1.165, 1.54) is 18.4 Å². The minimum atomic E-state index is -0.380. The van der Waals surface area contributed by atoms with Gasteiger partial charge in [-0.2, -0.15) is 0 Å². The number of esters is 1. The van der Waals surface area contributed by atoms with Crippen molar-refractivity contribution in [1.29, 1.82) is 0 Å². The first kappa shape index (κ1) is 24.1. The minimum absolute atomic E-state index is 0.223. The third-order valence-corrected chi connectivity index (χ3v) is 6.31. The van der Waals surface area contributed by atoms with Gasteiger partial charge in [0.2, 0.25) is 0 Å². The molecule has 0 aliphatic heterocycles. The first-order valence-electron chi connectivity index (χ1n) is 11.0. The predicted octanol–water partition coefficient (Wildman–Crippen LogP) is 5.93. The van der Waals surface area contributed by atoms with Gasteiger partial charge >= 0.3 is 5.97 Å². The Morgan fingerprint density at radius 3 is 2.51 bits per heavy atom. The molecule has 0 fully saturated rings. The molecule has 0 radical (unpaired) electrons. The van der Waals surface area contributed by atoms with Crippen molar-refractivity contribution in [3.05, 3.63) is 82.7 Å². The quantitative estimate of drug-likeness (QED) is 0.292. The Kier molecular flexibility index (Phi) is 7.52. The Balaban J connectivity index is 1.52. The van der Waals surface area contributed by atoms with E-state index in [4.69, 9.17) is 18.9 Å². The standard InChI is InChI=1S/C27H25NO6S/c1-4-33-23-10-8-17(12-19(23)16-34-22-7-5-6-21(15-22)31-2)26(29)28-20-9-11-24-18(13-20)14-25(35-24)27(30)32-3/h5-15H,4,16H2,1-3H3,(H,28,29). The summed E-state index contributed by atoms with van der Waals surface area (Å²) in [7, 11) is 2.95. The molecule has 7 nitrogen and oxygen atoms in total. The summed E-state index contributed by atoms with van der Waals surface area (Å²) >= 11 is 1.35. The molecule has 0 aliphatic carbocycles. The largest absolute Gasteiger partial charge is 0.497 e. The number of anilines is 1. The number of ether oxygens (including phenoxy) is 4. The van der Waals surface area contributed by atoms with Gasteiger partial charge in [-0.05, 0) is 66.9 Å². The van der Waals surface area contributed by atoms with Crippen molar-refractivity contribution >= 4 is 39.0 Å². The van der Waals surface area contributed by atoms with Gasteiger partial charge in [-0.25, -0.2) is 4.79 Å². The van der Waals surface area contributed by atoms with E-state index in [1.54, 1.807) is 43.5 Å². The van der Waals surface area contributed by atoms with Crippen LogP contribution < -0.4 is 19.5 Å². The van der Waals surface area contributed by atoms with Crippen molar-refractivity contribution in [1.82, 2.24) is 0 Å². The van der Waals surface area contributed by atoms with Gasteiger partial charge in [0.25, 0.3) is 5.91 Å². The minimum Gasteiger partial charge on any atom is -0.497 e. The van der Waals surface area contributed by atoms with Gasteiger partial charge < -0.3 is 24.3 Å². The summed E-state index contributed by atoms with van der Waals surface area (Å²) in [5, 5.41) is 3.78. The predicted molar refractivity (Wildman–Crippen MR) is 136 cm³/mol. The fourth-order valence-electron chi connectivity index (χ4n) is 3.51. The molecule has 4 rings (SSSR count). The molecule has 1 heterocycles. The summed E-state index contributed by atoms with van der Waals surface area (Å²) in [6.07, 6.45) is 0. The van der Waals surface area contributed by atoms with Crippen molar-refractivity contribution in [2.75, 3.05) is 26.1 Å². The Morgan fingerprint density at radius 2 is 1.74 bits per heavy atom. The van der Waals surface area contributed by atoms with Crippen molar-refractivity contribution in [3.8, 4) is 17.2 Å². The summed E-state index contributed by atoms with van der Waals surface area (Å²) in [6, 6.07) is 19.8. The van der Waals surface area contributed by atoms with Crippen LogP contribution in [0.1, 0.15) is 32.5 Å². The SMILES string of the molecule is CCOc1ccc(C(=O)Nc2ccc3sc(C(=O)OC)cc3c2)cc1COc1cccc(OC)c1. The van der Waals surface area contributed by atoms with Crippen LogP contribution in [-0.4, -0.2) is 32.7 Å². The Bertz CT molecular complexity index is 1360. The average Bonchev–Trinajstić information content (AvgIpc) is 3.31. The van der Waals surface area contributed by atoms with Crippen LogP contribution in [-0.2, 0) is 11.3 Å². The summed E-state index contributed by atoms with van der Waals surface area (Å²) in [4.78, 5) is 25.3. The number of carbonyl (C=O) groups is 2. The highest BCUT2D eigenvalue weighted by Crippen LogP contribution is 2.29. The molecule has 35 heavy (non-hydrogen) atoms. The maximum Gasteiger partial charge on any atom is 0.348 e. The maximum atomic E-state index is 13.0. The number of carbonyl (C=O) groups excluding carboxylic acids is 2. The van der Waals surface area contributed by atoms with Gasteiger partial charge in [0.1, 0.15) is 28.7 Å². The Hall–Kier alpha value is -4.04. The first-order valence-corrected chi connectivity index (χ1v) is 11.8. The first-order chi connectivity index (χ1) is 17.0. The summed E-state index contributed by atoms with van der Waals surface area (Å²) in [5.41, 5.74) is 1.84. The molecule has 1 N–H and O–H groups in total. The molecule has 0 unspecified atom stereocenters. The maximum absolute atomic E-state index is 13.0. The molecule has 180 valence electrons. The van der Waals surface area contributed by atoms with Gasteiger partial charge in [0.15, 0.2) is 0 Å². The molecule has 0 saturated carbocycles. The van der Waals surface area contributed by atoms with Gasteiger partial charge in [-0.15, -0.1) is 11.3 Å². The second-order valence-electron chi connectivity index (χ2n) is 7.53. The normalized spacial score (nSPS) is 10.6. The van der Waals surface area contributed by atoms with Crippen LogP contribution in [0.15, 0.2) is 66.7 Å². The molecule has 0 atom stereocenters. The molecule has 3 aromatic carbocycles. The highest BCUT2D eigenvalue weighted by molar-refractivity contribution is 7.20. The summed E-state index contributed by atoms with van der Waals surface area (Å²) in [6.45, 7) is 2.62. The van der Waals surface area contributed by atoms with Crippen LogP contribution in [0.5, 0.6) is 17.2 Å². The smallest absolute Gasteiger partial charge is 0.348 e. The monoisotopic (exact) mass is 491 g/mol. The topological polar surface area (TPSA) is 83.1 Å². The summed E-state index contributed by atoms with van der Waals surface area (Å²) < 4.78 is 22.6. The molecule has 1 aromatic heterocycles. The molecule has 0 saturated heterocycles. The zero-order chi connectivity index (χ0) is 24.8. The number of nitrogens with one attached hydrogen (secondary N) is 1. The number of hydrogen-bond donors (Lipinski definition) is 1. The van der Waals surface area contributed by atoms with E-state index >= 15 is 0 Å². The number of amides is 1. The second kappa shape index (κ2) is 10.9. The van der Waals surface area contributed by atoms with Crippen molar-refractivity contribution in [2.45, 2.75) is 13.5 Å². The van der Waals surface area contributed by atoms with E-state index in [9.17, 15) is 9.59 Å². The Morgan fingerprint density at radius 1 is 0.914 bits per heavy atom. The van der Waals surface area contributed by atoms with E-state index in [0.29, 0.717) is 40.0 Å². The third-order valence-electron chi connectivity index (χ3n) is 5.22. The van der Waals surface area contributed by atoms with Gasteiger partial charge in [0.05, 0.1) is 20.8 Å². The molecular weight excluding hydrogens is 466 g/mol. The molecule has 8 heteroatoms. The highest BCUT2D eigenvalue weighted by Gasteiger charge is 2.14. The van der Waals surface area contributed by atoms with Crippen LogP contribution in [0.25, 0.3) is 10.1 Å². The molecule has 1 amide bonds. The van der Waals surface area contributed by atoms with Gasteiger partial charge in [0, 0.05) is 27.6 Å². The lowest BCUT2D eigenvalue weighted by atomic mass is 10.1. The van der Waals surface area contributed by atoms with Crippen LogP contribution in [0.4, 0.5) is 5.69 Å². The van der Waals surface area contributed by atoms with Crippen LogP contribution in [0, 0.1) is 0 Å². The zero-order valence-corrected chi connectivity index (χ0v) is 20.4. The van der Waals surface area contributed by atoms with E-state index in [1.807, 2.05) is 37.3 Å². The molecule has 0 aliphatic rings. The highest BCUT2D eigenvalue weighted by atomic mass is 32.1. The number of thiophene rings is 1. The number of benzene rings is 3. The lowest BCUT2D eigenvalue weighted by molar-refractivity contribution is 0.0606. The fraction of sp³-hybridized carbons (Fsp3) is 0.185. The number of rotatable bonds is 9. The van der Waals surface area contributed by atoms with Crippen LogP contribution >= 0.6 is 11.3 Å². The van der Waals surface area contributed by atoms with Crippen LogP contribution in [0.2, 0.25) is 0 Å². The molecular formula is C27H25NO6S. The number of methoxy groups -OCH3 is 2. The summed E-state index contributed by atoms with van der Waals surface area (Å²) in [5.74, 6) is 1.36. The van der Waals surface area contributed by atoms with Gasteiger partial charge in [-0.1, -0.05) is 6.07 Å². The van der Waals surface area contributed by atoms with E-state index in [0.717, 1.165) is 15.6 Å². The lowest BCUT2D eigenvalue weighted by Crippen LogP contribution is -2.13. The molecule has 0 spiro atoms. The molecule has 4 aromatic rings. The lowest BCUT2D eigenvalue weighted by Gasteiger charge is -2.14. The van der Waals surface area contributed by atoms with E-state index in [2.05, 4.69) is 5.32 Å².